The minimum absolute atomic E-state index is 0.121. The van der Waals surface area contributed by atoms with Crippen molar-refractivity contribution in [3.05, 3.63) is 0 Å². The van der Waals surface area contributed by atoms with Crippen molar-refractivity contribution in [2.24, 2.45) is 17.7 Å². The van der Waals surface area contributed by atoms with Gasteiger partial charge in [-0.25, -0.2) is 5.84 Å². The molecule has 1 heterocycles. The first-order valence-electron chi connectivity index (χ1n) is 5.35. The molecule has 5 nitrogen and oxygen atoms in total. The number of rotatable bonds is 5. The zero-order chi connectivity index (χ0) is 11.3. The van der Waals surface area contributed by atoms with E-state index < -0.39 is 6.10 Å². The van der Waals surface area contributed by atoms with Crippen molar-refractivity contribution in [3.63, 3.8) is 0 Å². The van der Waals surface area contributed by atoms with Crippen LogP contribution in [0.4, 0.5) is 0 Å². The van der Waals surface area contributed by atoms with Crippen molar-refractivity contribution < 1.29 is 14.3 Å². The Hall–Kier alpha value is -0.650. The van der Waals surface area contributed by atoms with E-state index in [2.05, 4.69) is 5.43 Å². The van der Waals surface area contributed by atoms with Crippen molar-refractivity contribution in [1.82, 2.24) is 5.43 Å². The SMILES string of the molecule is CC(C)C(OCC1CCOC1)C(=O)NN. The lowest BCUT2D eigenvalue weighted by atomic mass is 10.1. The first kappa shape index (κ1) is 12.4. The Morgan fingerprint density at radius 3 is 2.87 bits per heavy atom. The van der Waals surface area contributed by atoms with E-state index in [1.807, 2.05) is 13.8 Å². The number of ether oxygens (including phenoxy) is 2. The monoisotopic (exact) mass is 216 g/mol. The van der Waals surface area contributed by atoms with Gasteiger partial charge in [0.25, 0.3) is 5.91 Å². The Kier molecular flexibility index (Phi) is 5.01. The van der Waals surface area contributed by atoms with Gasteiger partial charge in [-0.3, -0.25) is 10.2 Å². The van der Waals surface area contributed by atoms with Gasteiger partial charge >= 0.3 is 0 Å². The first-order valence-corrected chi connectivity index (χ1v) is 5.35. The molecule has 3 N–H and O–H groups in total. The number of hydrogen-bond acceptors (Lipinski definition) is 4. The van der Waals surface area contributed by atoms with Crippen molar-refractivity contribution in [2.45, 2.75) is 26.4 Å². The Bertz CT molecular complexity index is 203. The molecule has 5 heteroatoms. The molecule has 0 aliphatic carbocycles. The zero-order valence-electron chi connectivity index (χ0n) is 9.36. The minimum Gasteiger partial charge on any atom is -0.381 e. The molecular weight excluding hydrogens is 196 g/mol. The second-order valence-corrected chi connectivity index (χ2v) is 4.24. The second-order valence-electron chi connectivity index (χ2n) is 4.24. The highest BCUT2D eigenvalue weighted by Gasteiger charge is 2.24. The lowest BCUT2D eigenvalue weighted by Crippen LogP contribution is -2.43. The average molecular weight is 216 g/mol. The van der Waals surface area contributed by atoms with Gasteiger partial charge in [0.2, 0.25) is 0 Å². The van der Waals surface area contributed by atoms with E-state index in [1.54, 1.807) is 0 Å². The molecule has 0 bridgehead atoms. The Morgan fingerprint density at radius 2 is 2.40 bits per heavy atom. The highest BCUT2D eigenvalue weighted by atomic mass is 16.5. The molecule has 1 rings (SSSR count). The Morgan fingerprint density at radius 1 is 1.67 bits per heavy atom. The smallest absolute Gasteiger partial charge is 0.263 e. The summed E-state index contributed by atoms with van der Waals surface area (Å²) < 4.78 is 10.8. The third-order valence-electron chi connectivity index (χ3n) is 2.54. The molecule has 0 saturated carbocycles. The number of hydrogen-bond donors (Lipinski definition) is 2. The van der Waals surface area contributed by atoms with E-state index in [0.717, 1.165) is 19.6 Å². The van der Waals surface area contributed by atoms with Crippen LogP contribution in [0.25, 0.3) is 0 Å². The van der Waals surface area contributed by atoms with Crippen LogP contribution in [-0.2, 0) is 14.3 Å². The van der Waals surface area contributed by atoms with Crippen LogP contribution in [0, 0.1) is 11.8 Å². The fourth-order valence-electron chi connectivity index (χ4n) is 1.61. The molecular formula is C10H20N2O3. The predicted octanol–water partition coefficient (Wildman–Crippen LogP) is 0.0540. The van der Waals surface area contributed by atoms with Crippen LogP contribution >= 0.6 is 0 Å². The summed E-state index contributed by atoms with van der Waals surface area (Å²) in [4.78, 5) is 11.4. The van der Waals surface area contributed by atoms with E-state index in [9.17, 15) is 4.79 Å². The predicted molar refractivity (Wildman–Crippen MR) is 55.8 cm³/mol. The highest BCUT2D eigenvalue weighted by Crippen LogP contribution is 2.15. The molecule has 15 heavy (non-hydrogen) atoms. The van der Waals surface area contributed by atoms with E-state index in [0.29, 0.717) is 12.5 Å². The average Bonchev–Trinajstić information content (AvgIpc) is 2.70. The van der Waals surface area contributed by atoms with Crippen LogP contribution in [0.3, 0.4) is 0 Å². The number of nitrogens with one attached hydrogen (secondary N) is 1. The maximum atomic E-state index is 11.4. The fraction of sp³-hybridized carbons (Fsp3) is 0.900. The van der Waals surface area contributed by atoms with Crippen LogP contribution in [0.5, 0.6) is 0 Å². The second kappa shape index (κ2) is 6.05. The molecule has 0 spiro atoms. The minimum atomic E-state index is -0.462. The number of carbonyl (C=O) groups is 1. The topological polar surface area (TPSA) is 73.6 Å². The standard InChI is InChI=1S/C10H20N2O3/c1-7(2)9(10(13)12-11)15-6-8-3-4-14-5-8/h7-9H,3-6,11H2,1-2H3,(H,12,13). The van der Waals surface area contributed by atoms with E-state index in [1.165, 1.54) is 0 Å². The van der Waals surface area contributed by atoms with Gasteiger partial charge < -0.3 is 9.47 Å². The van der Waals surface area contributed by atoms with Crippen molar-refractivity contribution in [2.75, 3.05) is 19.8 Å². The summed E-state index contributed by atoms with van der Waals surface area (Å²) in [5.74, 6) is 5.36. The van der Waals surface area contributed by atoms with E-state index >= 15 is 0 Å². The highest BCUT2D eigenvalue weighted by molar-refractivity contribution is 5.80. The lowest BCUT2D eigenvalue weighted by molar-refractivity contribution is -0.136. The lowest BCUT2D eigenvalue weighted by Gasteiger charge is -2.21. The van der Waals surface area contributed by atoms with Gasteiger partial charge in [0.1, 0.15) is 6.10 Å². The summed E-state index contributed by atoms with van der Waals surface area (Å²) in [7, 11) is 0. The largest absolute Gasteiger partial charge is 0.381 e. The molecule has 1 aliphatic rings. The van der Waals surface area contributed by atoms with Gasteiger partial charge in [-0.1, -0.05) is 13.8 Å². The van der Waals surface area contributed by atoms with Crippen LogP contribution in [0.15, 0.2) is 0 Å². The molecule has 1 fully saturated rings. The number of hydrazine groups is 1. The number of amides is 1. The molecule has 2 atom stereocenters. The normalized spacial score (nSPS) is 23.1. The van der Waals surface area contributed by atoms with Crippen LogP contribution in [0.2, 0.25) is 0 Å². The number of nitrogens with two attached hydrogens (primary N) is 1. The van der Waals surface area contributed by atoms with E-state index in [-0.39, 0.29) is 11.8 Å². The first-order chi connectivity index (χ1) is 7.15. The van der Waals surface area contributed by atoms with Crippen molar-refractivity contribution in [3.8, 4) is 0 Å². The summed E-state index contributed by atoms with van der Waals surface area (Å²) in [6.45, 7) is 5.96. The van der Waals surface area contributed by atoms with Gasteiger partial charge in [-0.05, 0) is 12.3 Å². The van der Waals surface area contributed by atoms with Crippen molar-refractivity contribution >= 4 is 5.91 Å². The molecule has 0 aromatic carbocycles. The summed E-state index contributed by atoms with van der Waals surface area (Å²) >= 11 is 0. The molecule has 0 aromatic heterocycles. The Labute approximate surface area is 90.3 Å². The van der Waals surface area contributed by atoms with Gasteiger partial charge in [0.15, 0.2) is 0 Å². The van der Waals surface area contributed by atoms with E-state index in [4.69, 9.17) is 15.3 Å². The maximum absolute atomic E-state index is 11.4. The van der Waals surface area contributed by atoms with Gasteiger partial charge in [0.05, 0.1) is 13.2 Å². The molecule has 88 valence electrons. The number of carbonyl (C=O) groups excluding carboxylic acids is 1. The van der Waals surface area contributed by atoms with Gasteiger partial charge in [0, 0.05) is 12.5 Å². The van der Waals surface area contributed by atoms with Crippen molar-refractivity contribution in [1.29, 1.82) is 0 Å². The summed E-state index contributed by atoms with van der Waals surface area (Å²) in [6, 6.07) is 0. The van der Waals surface area contributed by atoms with Crippen LogP contribution in [-0.4, -0.2) is 31.8 Å². The molecule has 0 radical (unpaired) electrons. The van der Waals surface area contributed by atoms with Gasteiger partial charge in [-0.15, -0.1) is 0 Å². The molecule has 1 aliphatic heterocycles. The third kappa shape index (κ3) is 3.77. The van der Waals surface area contributed by atoms with Crippen LogP contribution in [0.1, 0.15) is 20.3 Å². The molecule has 0 aromatic rings. The molecule has 1 amide bonds. The summed E-state index contributed by atoms with van der Waals surface area (Å²) in [5.41, 5.74) is 2.13. The molecule has 1 saturated heterocycles. The summed E-state index contributed by atoms with van der Waals surface area (Å²) in [5, 5.41) is 0. The fourth-order valence-corrected chi connectivity index (χ4v) is 1.61. The quantitative estimate of drug-likeness (QED) is 0.387. The third-order valence-corrected chi connectivity index (χ3v) is 2.54. The van der Waals surface area contributed by atoms with Crippen LogP contribution < -0.4 is 11.3 Å². The Balaban J connectivity index is 2.33. The molecule has 2 unspecified atom stereocenters. The summed E-state index contributed by atoms with van der Waals surface area (Å²) in [6.07, 6.45) is 0.547. The zero-order valence-corrected chi connectivity index (χ0v) is 9.36. The van der Waals surface area contributed by atoms with Gasteiger partial charge in [-0.2, -0.15) is 0 Å². The maximum Gasteiger partial charge on any atom is 0.263 e.